The second kappa shape index (κ2) is 5.92. The third kappa shape index (κ3) is 2.89. The van der Waals surface area contributed by atoms with Crippen molar-refractivity contribution in [3.8, 4) is 0 Å². The molecule has 2 aromatic heterocycles. The molecule has 0 saturated carbocycles. The Kier molecular flexibility index (Phi) is 3.98. The molecule has 0 aliphatic carbocycles. The molecular weight excluding hydrogens is 280 g/mol. The number of carbonyl (C=O) groups excluding carboxylic acids is 1. The molecule has 3 rings (SSSR count). The molecule has 1 N–H and O–H groups in total. The molecule has 1 amide bonds. The number of imidazole rings is 2. The van der Waals surface area contributed by atoms with Gasteiger partial charge in [-0.15, -0.1) is 0 Å². The Bertz CT molecular complexity index is 671. The number of nitrogens with one attached hydrogen (secondary N) is 1. The van der Waals surface area contributed by atoms with Crippen LogP contribution in [0.5, 0.6) is 0 Å². The quantitative estimate of drug-likeness (QED) is 0.906. The summed E-state index contributed by atoms with van der Waals surface area (Å²) in [7, 11) is 2.00. The van der Waals surface area contributed by atoms with Gasteiger partial charge in [0.1, 0.15) is 17.3 Å². The first-order valence-electron chi connectivity index (χ1n) is 7.58. The number of fused-ring (bicyclic) bond motifs is 1. The van der Waals surface area contributed by atoms with Gasteiger partial charge in [-0.25, -0.2) is 9.97 Å². The zero-order valence-electron chi connectivity index (χ0n) is 13.3. The first-order chi connectivity index (χ1) is 10.5. The van der Waals surface area contributed by atoms with Crippen LogP contribution in [0.15, 0.2) is 18.6 Å². The maximum absolute atomic E-state index is 12.2. The summed E-state index contributed by atoms with van der Waals surface area (Å²) in [6.45, 7) is 7.12. The smallest absolute Gasteiger partial charge is 0.269 e. The highest BCUT2D eigenvalue weighted by Gasteiger charge is 2.23. The molecule has 1 aliphatic heterocycles. The lowest BCUT2D eigenvalue weighted by atomic mass is 10.3. The van der Waals surface area contributed by atoms with E-state index in [9.17, 15) is 4.79 Å². The second-order valence-electron chi connectivity index (χ2n) is 6.00. The van der Waals surface area contributed by atoms with E-state index < -0.39 is 0 Å². The zero-order chi connectivity index (χ0) is 15.7. The molecule has 0 fully saturated rings. The van der Waals surface area contributed by atoms with E-state index >= 15 is 0 Å². The summed E-state index contributed by atoms with van der Waals surface area (Å²) < 4.78 is 4.05. The summed E-state index contributed by atoms with van der Waals surface area (Å²) >= 11 is 0. The van der Waals surface area contributed by atoms with Gasteiger partial charge in [-0.2, -0.15) is 0 Å². The van der Waals surface area contributed by atoms with Gasteiger partial charge >= 0.3 is 0 Å². The van der Waals surface area contributed by atoms with E-state index in [2.05, 4.69) is 20.2 Å². The molecule has 118 valence electrons. The standard InChI is InChI=1S/C15H22N6O/c1-11(2)18-15(22)12-8-17-14-10-20(6-7-21(12)14)9-13-16-4-5-19(13)3/h4-5,8,11H,6-7,9-10H2,1-3H3,(H,18,22). The minimum atomic E-state index is -0.0497. The Labute approximate surface area is 130 Å². The molecule has 0 atom stereocenters. The summed E-state index contributed by atoms with van der Waals surface area (Å²) in [5.41, 5.74) is 0.653. The van der Waals surface area contributed by atoms with Crippen molar-refractivity contribution in [3.63, 3.8) is 0 Å². The summed E-state index contributed by atoms with van der Waals surface area (Å²) in [5.74, 6) is 1.93. The maximum atomic E-state index is 12.2. The van der Waals surface area contributed by atoms with Gasteiger partial charge in [0.25, 0.3) is 5.91 Å². The fourth-order valence-corrected chi connectivity index (χ4v) is 2.71. The number of aromatic nitrogens is 4. The van der Waals surface area contributed by atoms with Gasteiger partial charge in [-0.05, 0) is 13.8 Å². The summed E-state index contributed by atoms with van der Waals surface area (Å²) in [5, 5.41) is 2.92. The van der Waals surface area contributed by atoms with Gasteiger partial charge in [0.15, 0.2) is 0 Å². The SMILES string of the molecule is CC(C)NC(=O)c1cnc2n1CCN(Cc1nccn1C)C2. The van der Waals surface area contributed by atoms with Gasteiger partial charge in [-0.3, -0.25) is 9.69 Å². The molecule has 7 heteroatoms. The third-order valence-corrected chi connectivity index (χ3v) is 3.88. The molecule has 2 aromatic rings. The predicted octanol–water partition coefficient (Wildman–Crippen LogP) is 0.771. The molecular formula is C15H22N6O. The molecule has 0 unspecified atom stereocenters. The minimum absolute atomic E-state index is 0.0497. The molecule has 0 radical (unpaired) electrons. The molecule has 0 bridgehead atoms. The molecule has 0 spiro atoms. The van der Waals surface area contributed by atoms with E-state index in [1.54, 1.807) is 6.20 Å². The first kappa shape index (κ1) is 14.8. The second-order valence-corrected chi connectivity index (χ2v) is 6.00. The van der Waals surface area contributed by atoms with Gasteiger partial charge < -0.3 is 14.5 Å². The molecule has 1 aliphatic rings. The Morgan fingerprint density at radius 3 is 2.86 bits per heavy atom. The van der Waals surface area contributed by atoms with Crippen molar-refractivity contribution in [3.05, 3.63) is 35.9 Å². The zero-order valence-corrected chi connectivity index (χ0v) is 13.3. The number of aryl methyl sites for hydroxylation is 1. The lowest BCUT2D eigenvalue weighted by Gasteiger charge is -2.28. The van der Waals surface area contributed by atoms with Crippen molar-refractivity contribution in [1.82, 2.24) is 29.3 Å². The monoisotopic (exact) mass is 302 g/mol. The normalized spacial score (nSPS) is 15.1. The van der Waals surface area contributed by atoms with Gasteiger partial charge in [0, 0.05) is 38.6 Å². The van der Waals surface area contributed by atoms with E-state index in [4.69, 9.17) is 0 Å². The number of hydrogen-bond acceptors (Lipinski definition) is 4. The van der Waals surface area contributed by atoms with Crippen molar-refractivity contribution >= 4 is 5.91 Å². The highest BCUT2D eigenvalue weighted by molar-refractivity contribution is 5.92. The average molecular weight is 302 g/mol. The Morgan fingerprint density at radius 2 is 2.18 bits per heavy atom. The predicted molar refractivity (Wildman–Crippen MR) is 82.2 cm³/mol. The lowest BCUT2D eigenvalue weighted by molar-refractivity contribution is 0.0928. The van der Waals surface area contributed by atoms with Crippen LogP contribution in [0.4, 0.5) is 0 Å². The highest BCUT2D eigenvalue weighted by atomic mass is 16.2. The number of carbonyl (C=O) groups is 1. The minimum Gasteiger partial charge on any atom is -0.349 e. The summed E-state index contributed by atoms with van der Waals surface area (Å²) in [6.07, 6.45) is 5.44. The number of hydrogen-bond donors (Lipinski definition) is 1. The molecule has 0 aromatic carbocycles. The van der Waals surface area contributed by atoms with E-state index in [-0.39, 0.29) is 11.9 Å². The van der Waals surface area contributed by atoms with E-state index in [1.165, 1.54) is 0 Å². The van der Waals surface area contributed by atoms with Crippen molar-refractivity contribution in [1.29, 1.82) is 0 Å². The number of nitrogens with zero attached hydrogens (tertiary/aromatic N) is 5. The van der Waals surface area contributed by atoms with Crippen molar-refractivity contribution in [2.75, 3.05) is 6.54 Å². The van der Waals surface area contributed by atoms with Crippen LogP contribution in [0.3, 0.4) is 0 Å². The topological polar surface area (TPSA) is 68.0 Å². The average Bonchev–Trinajstić information content (AvgIpc) is 3.05. The lowest BCUT2D eigenvalue weighted by Crippen LogP contribution is -2.37. The van der Waals surface area contributed by atoms with Crippen molar-refractivity contribution < 1.29 is 4.79 Å². The van der Waals surface area contributed by atoms with Crippen LogP contribution in [0.25, 0.3) is 0 Å². The van der Waals surface area contributed by atoms with Gasteiger partial charge in [0.05, 0.1) is 19.3 Å². The highest BCUT2D eigenvalue weighted by Crippen LogP contribution is 2.16. The van der Waals surface area contributed by atoms with E-state index in [1.807, 2.05) is 42.4 Å². The largest absolute Gasteiger partial charge is 0.349 e. The summed E-state index contributed by atoms with van der Waals surface area (Å²) in [4.78, 5) is 23.3. The Hall–Kier alpha value is -2.15. The van der Waals surface area contributed by atoms with Crippen LogP contribution < -0.4 is 5.32 Å². The van der Waals surface area contributed by atoms with E-state index in [0.29, 0.717) is 5.69 Å². The van der Waals surface area contributed by atoms with Crippen molar-refractivity contribution in [2.24, 2.45) is 7.05 Å². The van der Waals surface area contributed by atoms with Gasteiger partial charge in [0.2, 0.25) is 0 Å². The van der Waals surface area contributed by atoms with Crippen LogP contribution >= 0.6 is 0 Å². The number of amides is 1. The van der Waals surface area contributed by atoms with Gasteiger partial charge in [-0.1, -0.05) is 0 Å². The van der Waals surface area contributed by atoms with Crippen LogP contribution in [-0.4, -0.2) is 42.5 Å². The molecule has 0 saturated heterocycles. The fourth-order valence-electron chi connectivity index (χ4n) is 2.71. The molecule has 3 heterocycles. The van der Waals surface area contributed by atoms with E-state index in [0.717, 1.165) is 37.8 Å². The van der Waals surface area contributed by atoms with Crippen LogP contribution in [-0.2, 0) is 26.7 Å². The van der Waals surface area contributed by atoms with Crippen LogP contribution in [0, 0.1) is 0 Å². The van der Waals surface area contributed by atoms with Crippen molar-refractivity contribution in [2.45, 2.75) is 39.5 Å². The Balaban J connectivity index is 1.71. The van der Waals surface area contributed by atoms with Crippen LogP contribution in [0.2, 0.25) is 0 Å². The maximum Gasteiger partial charge on any atom is 0.269 e. The molecule has 22 heavy (non-hydrogen) atoms. The first-order valence-corrected chi connectivity index (χ1v) is 7.58. The fraction of sp³-hybridized carbons (Fsp3) is 0.533. The number of rotatable bonds is 4. The Morgan fingerprint density at radius 1 is 1.36 bits per heavy atom. The third-order valence-electron chi connectivity index (χ3n) is 3.88. The molecule has 7 nitrogen and oxygen atoms in total. The summed E-state index contributed by atoms with van der Waals surface area (Å²) in [6, 6.07) is 0.127. The van der Waals surface area contributed by atoms with Crippen LogP contribution in [0.1, 0.15) is 36.0 Å².